The molecule has 0 fully saturated rings. The van der Waals surface area contributed by atoms with Crippen molar-refractivity contribution in [1.29, 1.82) is 0 Å². The third kappa shape index (κ3) is 6.43. The lowest BCUT2D eigenvalue weighted by Gasteiger charge is -2.11. The van der Waals surface area contributed by atoms with Crippen molar-refractivity contribution in [2.24, 2.45) is 0 Å². The first-order chi connectivity index (χ1) is 9.51. The summed E-state index contributed by atoms with van der Waals surface area (Å²) in [6, 6.07) is 6.66. The van der Waals surface area contributed by atoms with Gasteiger partial charge < -0.3 is 14.8 Å². The first-order valence-corrected chi connectivity index (χ1v) is 6.72. The molecule has 0 aromatic heterocycles. The zero-order valence-corrected chi connectivity index (χ0v) is 12.3. The van der Waals surface area contributed by atoms with Crippen molar-refractivity contribution in [3.63, 3.8) is 0 Å². The lowest BCUT2D eigenvalue weighted by molar-refractivity contribution is -0.150. The van der Waals surface area contributed by atoms with Crippen molar-refractivity contribution in [3.8, 4) is 5.75 Å². The van der Waals surface area contributed by atoms with Crippen molar-refractivity contribution >= 4 is 23.5 Å². The van der Waals surface area contributed by atoms with Gasteiger partial charge in [0, 0.05) is 11.1 Å². The molecule has 1 aromatic carbocycles. The number of hydrogen-bond acceptors (Lipinski definition) is 4. The molecule has 110 valence electrons. The maximum atomic E-state index is 11.4. The van der Waals surface area contributed by atoms with Gasteiger partial charge in [-0.1, -0.05) is 18.5 Å². The van der Waals surface area contributed by atoms with E-state index in [1.807, 2.05) is 13.8 Å². The van der Waals surface area contributed by atoms with E-state index >= 15 is 0 Å². The average Bonchev–Trinajstić information content (AvgIpc) is 2.44. The summed E-state index contributed by atoms with van der Waals surface area (Å²) in [5.74, 6) is -0.408. The summed E-state index contributed by atoms with van der Waals surface area (Å²) >= 11 is 5.72. The number of halogens is 1. The Hall–Kier alpha value is -1.75. The van der Waals surface area contributed by atoms with Gasteiger partial charge in [0.15, 0.2) is 13.2 Å². The molecule has 0 aliphatic rings. The Bertz CT molecular complexity index is 447. The Balaban J connectivity index is 2.23. The molecule has 0 radical (unpaired) electrons. The highest BCUT2D eigenvalue weighted by Gasteiger charge is 2.10. The Morgan fingerprint density at radius 2 is 1.90 bits per heavy atom. The fourth-order valence-electron chi connectivity index (χ4n) is 1.28. The summed E-state index contributed by atoms with van der Waals surface area (Å²) in [5.41, 5.74) is 0. The van der Waals surface area contributed by atoms with Gasteiger partial charge in [-0.3, -0.25) is 4.79 Å². The Morgan fingerprint density at radius 1 is 1.25 bits per heavy atom. The summed E-state index contributed by atoms with van der Waals surface area (Å²) in [4.78, 5) is 22.8. The molecule has 1 N–H and O–H groups in total. The van der Waals surface area contributed by atoms with Gasteiger partial charge in [-0.2, -0.15) is 0 Å². The van der Waals surface area contributed by atoms with Gasteiger partial charge in [-0.25, -0.2) is 4.79 Å². The standard InChI is InChI=1S/C14H18ClNO4/c1-3-10(2)16-13(17)8-20-14(18)9-19-12-6-4-11(15)5-7-12/h4-7,10H,3,8-9H2,1-2H3,(H,16,17). The molecule has 5 nitrogen and oxygen atoms in total. The molecule has 0 bridgehead atoms. The van der Waals surface area contributed by atoms with E-state index in [1.54, 1.807) is 24.3 Å². The molecule has 0 spiro atoms. The summed E-state index contributed by atoms with van der Waals surface area (Å²) in [6.07, 6.45) is 0.819. The molecule has 1 amide bonds. The van der Waals surface area contributed by atoms with E-state index < -0.39 is 5.97 Å². The SMILES string of the molecule is CCC(C)NC(=O)COC(=O)COc1ccc(Cl)cc1. The van der Waals surface area contributed by atoms with E-state index in [4.69, 9.17) is 21.1 Å². The maximum Gasteiger partial charge on any atom is 0.344 e. The lowest BCUT2D eigenvalue weighted by Crippen LogP contribution is -2.35. The van der Waals surface area contributed by atoms with E-state index in [2.05, 4.69) is 5.32 Å². The molecule has 1 unspecified atom stereocenters. The van der Waals surface area contributed by atoms with Gasteiger partial charge in [0.2, 0.25) is 0 Å². The second-order valence-corrected chi connectivity index (χ2v) is 4.72. The Labute approximate surface area is 123 Å². The molecule has 1 atom stereocenters. The lowest BCUT2D eigenvalue weighted by atomic mass is 10.2. The second-order valence-electron chi connectivity index (χ2n) is 4.28. The molecule has 0 aliphatic carbocycles. The monoisotopic (exact) mass is 299 g/mol. The largest absolute Gasteiger partial charge is 0.482 e. The third-order valence-electron chi connectivity index (χ3n) is 2.55. The zero-order chi connectivity index (χ0) is 15.0. The van der Waals surface area contributed by atoms with E-state index in [0.29, 0.717) is 10.8 Å². The molecule has 0 heterocycles. The molecular weight excluding hydrogens is 282 g/mol. The fraction of sp³-hybridized carbons (Fsp3) is 0.429. The number of ether oxygens (including phenoxy) is 2. The van der Waals surface area contributed by atoms with Crippen LogP contribution in [0.5, 0.6) is 5.75 Å². The molecule has 0 saturated heterocycles. The number of carbonyl (C=O) groups excluding carboxylic acids is 2. The van der Waals surface area contributed by atoms with Crippen molar-refractivity contribution in [3.05, 3.63) is 29.3 Å². The minimum atomic E-state index is -0.598. The topological polar surface area (TPSA) is 64.6 Å². The smallest absolute Gasteiger partial charge is 0.344 e. The van der Waals surface area contributed by atoms with Crippen LogP contribution >= 0.6 is 11.6 Å². The van der Waals surface area contributed by atoms with Crippen LogP contribution in [-0.4, -0.2) is 31.1 Å². The summed E-state index contributed by atoms with van der Waals surface area (Å²) in [6.45, 7) is 3.28. The minimum Gasteiger partial charge on any atom is -0.482 e. The van der Waals surface area contributed by atoms with Crippen molar-refractivity contribution in [2.75, 3.05) is 13.2 Å². The average molecular weight is 300 g/mol. The van der Waals surface area contributed by atoms with Crippen molar-refractivity contribution in [1.82, 2.24) is 5.32 Å². The molecule has 20 heavy (non-hydrogen) atoms. The van der Waals surface area contributed by atoms with E-state index in [-0.39, 0.29) is 25.2 Å². The minimum absolute atomic E-state index is 0.0616. The van der Waals surface area contributed by atoms with E-state index in [1.165, 1.54) is 0 Å². The number of benzene rings is 1. The molecule has 0 aliphatic heterocycles. The number of rotatable bonds is 7. The van der Waals surface area contributed by atoms with Crippen LogP contribution in [0.25, 0.3) is 0 Å². The van der Waals surface area contributed by atoms with Gasteiger partial charge in [0.25, 0.3) is 5.91 Å². The maximum absolute atomic E-state index is 11.4. The van der Waals surface area contributed by atoms with Crippen molar-refractivity contribution < 1.29 is 19.1 Å². The first kappa shape index (κ1) is 16.3. The van der Waals surface area contributed by atoms with Gasteiger partial charge in [-0.15, -0.1) is 0 Å². The molecule has 0 saturated carbocycles. The number of carbonyl (C=O) groups is 2. The number of esters is 1. The molecular formula is C14H18ClNO4. The third-order valence-corrected chi connectivity index (χ3v) is 2.81. The Morgan fingerprint density at radius 3 is 2.50 bits per heavy atom. The highest BCUT2D eigenvalue weighted by Crippen LogP contribution is 2.15. The molecule has 1 aromatic rings. The first-order valence-electron chi connectivity index (χ1n) is 6.34. The summed E-state index contributed by atoms with van der Waals surface area (Å²) < 4.78 is 9.99. The van der Waals surface area contributed by atoms with Crippen LogP contribution in [0.3, 0.4) is 0 Å². The van der Waals surface area contributed by atoms with Crippen LogP contribution in [-0.2, 0) is 14.3 Å². The molecule has 6 heteroatoms. The van der Waals surface area contributed by atoms with Crippen LogP contribution in [0.1, 0.15) is 20.3 Å². The van der Waals surface area contributed by atoms with Crippen LogP contribution in [0.2, 0.25) is 5.02 Å². The predicted molar refractivity (Wildman–Crippen MR) is 75.8 cm³/mol. The normalized spacial score (nSPS) is 11.6. The van der Waals surface area contributed by atoms with Crippen molar-refractivity contribution in [2.45, 2.75) is 26.3 Å². The summed E-state index contributed by atoms with van der Waals surface area (Å²) in [5, 5.41) is 3.28. The zero-order valence-electron chi connectivity index (χ0n) is 11.5. The summed E-state index contributed by atoms with van der Waals surface area (Å²) in [7, 11) is 0. The van der Waals surface area contributed by atoms with Gasteiger partial charge in [0.1, 0.15) is 5.75 Å². The van der Waals surface area contributed by atoms with Crippen LogP contribution in [0, 0.1) is 0 Å². The highest BCUT2D eigenvalue weighted by molar-refractivity contribution is 6.30. The quantitative estimate of drug-likeness (QED) is 0.784. The van der Waals surface area contributed by atoms with Gasteiger partial charge in [-0.05, 0) is 37.6 Å². The van der Waals surface area contributed by atoms with E-state index in [9.17, 15) is 9.59 Å². The van der Waals surface area contributed by atoms with Crippen LogP contribution in [0.4, 0.5) is 0 Å². The number of hydrogen-bond donors (Lipinski definition) is 1. The number of nitrogens with one attached hydrogen (secondary N) is 1. The van der Waals surface area contributed by atoms with Crippen LogP contribution < -0.4 is 10.1 Å². The number of amides is 1. The second kappa shape index (κ2) is 8.43. The van der Waals surface area contributed by atoms with Crippen LogP contribution in [0.15, 0.2) is 24.3 Å². The van der Waals surface area contributed by atoms with Gasteiger partial charge in [0.05, 0.1) is 0 Å². The predicted octanol–water partition coefficient (Wildman–Crippen LogP) is 2.18. The highest BCUT2D eigenvalue weighted by atomic mass is 35.5. The van der Waals surface area contributed by atoms with E-state index in [0.717, 1.165) is 6.42 Å². The van der Waals surface area contributed by atoms with Gasteiger partial charge >= 0.3 is 5.97 Å². The fourth-order valence-corrected chi connectivity index (χ4v) is 1.41. The molecule has 1 rings (SSSR count). The Kier molecular flexibility index (Phi) is 6.87.